The molecule has 0 bridgehead atoms. The van der Waals surface area contributed by atoms with Gasteiger partial charge in [0.05, 0.1) is 12.1 Å². The van der Waals surface area contributed by atoms with Crippen molar-refractivity contribution in [2.45, 2.75) is 31.8 Å². The van der Waals surface area contributed by atoms with Crippen molar-refractivity contribution in [3.63, 3.8) is 0 Å². The second-order valence-corrected chi connectivity index (χ2v) is 6.04. The van der Waals surface area contributed by atoms with Crippen LogP contribution < -0.4 is 9.64 Å². The molecule has 1 fully saturated rings. The predicted octanol–water partition coefficient (Wildman–Crippen LogP) is 1.27. The van der Waals surface area contributed by atoms with Crippen molar-refractivity contribution in [1.29, 1.82) is 0 Å². The van der Waals surface area contributed by atoms with E-state index in [1.807, 2.05) is 0 Å². The third-order valence-electron chi connectivity index (χ3n) is 4.33. The Morgan fingerprint density at radius 1 is 1.17 bits per heavy atom. The Kier molecular flexibility index (Phi) is 4.69. The number of carboxylic acids is 1. The molecule has 1 aromatic rings. The number of hydrogen-bond donors (Lipinski definition) is 1. The van der Waals surface area contributed by atoms with Gasteiger partial charge in [0.25, 0.3) is 5.91 Å². The summed E-state index contributed by atoms with van der Waals surface area (Å²) >= 11 is 0. The van der Waals surface area contributed by atoms with Crippen LogP contribution in [0.5, 0.6) is 5.75 Å². The highest BCUT2D eigenvalue weighted by molar-refractivity contribution is 6.04. The van der Waals surface area contributed by atoms with Gasteiger partial charge in [0.15, 0.2) is 6.10 Å². The smallest absolute Gasteiger partial charge is 0.307 e. The van der Waals surface area contributed by atoms with Crippen LogP contribution in [0.3, 0.4) is 0 Å². The summed E-state index contributed by atoms with van der Waals surface area (Å²) in [5.41, 5.74) is 0.509. The first kappa shape index (κ1) is 16.3. The van der Waals surface area contributed by atoms with Crippen molar-refractivity contribution < 1.29 is 24.2 Å². The number of piperidine rings is 1. The maximum Gasteiger partial charge on any atom is 0.307 e. The Labute approximate surface area is 139 Å². The van der Waals surface area contributed by atoms with Crippen LogP contribution in [0.2, 0.25) is 0 Å². The Morgan fingerprint density at radius 3 is 2.58 bits per heavy atom. The molecule has 0 aromatic heterocycles. The fourth-order valence-electron chi connectivity index (χ4n) is 3.11. The Bertz CT molecular complexity index is 654. The highest BCUT2D eigenvalue weighted by Gasteiger charge is 2.37. The van der Waals surface area contributed by atoms with Crippen LogP contribution in [0.15, 0.2) is 24.3 Å². The summed E-state index contributed by atoms with van der Waals surface area (Å²) in [5, 5.41) is 8.98. The largest absolute Gasteiger partial charge is 0.481 e. The van der Waals surface area contributed by atoms with E-state index in [2.05, 4.69) is 0 Å². The number of nitrogens with zero attached hydrogens (tertiary/aromatic N) is 2. The van der Waals surface area contributed by atoms with Crippen molar-refractivity contribution >= 4 is 23.5 Å². The molecule has 2 aliphatic rings. The molecule has 1 aromatic carbocycles. The molecule has 24 heavy (non-hydrogen) atoms. The molecule has 1 saturated heterocycles. The number of fused-ring (bicyclic) bond motifs is 1. The lowest BCUT2D eigenvalue weighted by Gasteiger charge is -2.35. The minimum atomic E-state index is -1.12. The standard InChI is InChI=1S/C17H20N2O5/c20-15(18-8-4-1-5-9-18)11-19-12-6-2-3-7-13(12)24-14(17(19)23)10-16(21)22/h2-3,6-7,14H,1,4-5,8-11H2,(H,21,22). The monoisotopic (exact) mass is 332 g/mol. The topological polar surface area (TPSA) is 87.2 Å². The molecule has 0 aliphatic carbocycles. The van der Waals surface area contributed by atoms with Crippen LogP contribution in [-0.2, 0) is 14.4 Å². The molecule has 7 nitrogen and oxygen atoms in total. The minimum absolute atomic E-state index is 0.0880. The molecular weight excluding hydrogens is 312 g/mol. The SMILES string of the molecule is O=C(O)CC1Oc2ccccc2N(CC(=O)N2CCCCC2)C1=O. The Morgan fingerprint density at radius 2 is 1.88 bits per heavy atom. The molecule has 0 saturated carbocycles. The van der Waals surface area contributed by atoms with Gasteiger partial charge in [-0.25, -0.2) is 0 Å². The average Bonchev–Trinajstić information content (AvgIpc) is 2.58. The number of amides is 2. The van der Waals surface area contributed by atoms with Gasteiger partial charge in [0.1, 0.15) is 12.3 Å². The molecule has 1 atom stereocenters. The Balaban J connectivity index is 1.82. The predicted molar refractivity (Wildman–Crippen MR) is 85.9 cm³/mol. The molecule has 0 spiro atoms. The van der Waals surface area contributed by atoms with E-state index in [-0.39, 0.29) is 12.5 Å². The molecule has 2 aliphatic heterocycles. The maximum absolute atomic E-state index is 12.6. The van der Waals surface area contributed by atoms with Crippen LogP contribution in [0.1, 0.15) is 25.7 Å². The van der Waals surface area contributed by atoms with Crippen LogP contribution in [-0.4, -0.2) is 53.5 Å². The number of carbonyl (C=O) groups is 3. The van der Waals surface area contributed by atoms with Gasteiger partial charge >= 0.3 is 5.97 Å². The molecule has 1 N–H and O–H groups in total. The van der Waals surface area contributed by atoms with E-state index < -0.39 is 24.4 Å². The third kappa shape index (κ3) is 3.34. The summed E-state index contributed by atoms with van der Waals surface area (Å²) < 4.78 is 5.52. The fourth-order valence-corrected chi connectivity index (χ4v) is 3.11. The van der Waals surface area contributed by atoms with E-state index in [1.165, 1.54) is 4.90 Å². The first-order chi connectivity index (χ1) is 11.6. The minimum Gasteiger partial charge on any atom is -0.481 e. The third-order valence-corrected chi connectivity index (χ3v) is 4.33. The summed E-state index contributed by atoms with van der Waals surface area (Å²) in [5.74, 6) is -1.29. The zero-order valence-electron chi connectivity index (χ0n) is 13.3. The lowest BCUT2D eigenvalue weighted by molar-refractivity contribution is -0.142. The number of likely N-dealkylation sites (tertiary alicyclic amines) is 1. The van der Waals surface area contributed by atoms with Gasteiger partial charge in [-0.1, -0.05) is 12.1 Å². The number of hydrogen-bond acceptors (Lipinski definition) is 4. The number of ether oxygens (including phenoxy) is 1. The van der Waals surface area contributed by atoms with Crippen molar-refractivity contribution in [1.82, 2.24) is 4.90 Å². The van der Waals surface area contributed by atoms with Gasteiger partial charge in [-0.3, -0.25) is 19.3 Å². The first-order valence-electron chi connectivity index (χ1n) is 8.13. The zero-order chi connectivity index (χ0) is 17.1. The number of para-hydroxylation sites is 2. The van der Waals surface area contributed by atoms with Gasteiger partial charge in [0, 0.05) is 13.1 Å². The molecule has 2 amide bonds. The normalized spacial score (nSPS) is 20.3. The van der Waals surface area contributed by atoms with Crippen molar-refractivity contribution in [2.75, 3.05) is 24.5 Å². The van der Waals surface area contributed by atoms with Crippen molar-refractivity contribution in [3.8, 4) is 5.75 Å². The quantitative estimate of drug-likeness (QED) is 0.897. The summed E-state index contributed by atoms with van der Waals surface area (Å²) in [7, 11) is 0. The molecule has 2 heterocycles. The van der Waals surface area contributed by atoms with Gasteiger partial charge in [0.2, 0.25) is 5.91 Å². The maximum atomic E-state index is 12.6. The second kappa shape index (κ2) is 6.90. The number of anilines is 1. The van der Waals surface area contributed by atoms with E-state index >= 15 is 0 Å². The lowest BCUT2D eigenvalue weighted by atomic mass is 10.1. The summed E-state index contributed by atoms with van der Waals surface area (Å²) in [4.78, 5) is 39.2. The molecule has 128 valence electrons. The molecular formula is C17H20N2O5. The van der Waals surface area contributed by atoms with Crippen molar-refractivity contribution in [3.05, 3.63) is 24.3 Å². The van der Waals surface area contributed by atoms with Gasteiger partial charge in [-0.05, 0) is 31.4 Å². The summed E-state index contributed by atoms with van der Waals surface area (Å²) in [6.45, 7) is 1.32. The Hall–Kier alpha value is -2.57. The van der Waals surface area contributed by atoms with Crippen LogP contribution in [0.25, 0.3) is 0 Å². The number of rotatable bonds is 4. The van der Waals surface area contributed by atoms with Gasteiger partial charge in [-0.2, -0.15) is 0 Å². The van der Waals surface area contributed by atoms with E-state index in [4.69, 9.17) is 9.84 Å². The van der Waals surface area contributed by atoms with E-state index in [0.29, 0.717) is 24.5 Å². The van der Waals surface area contributed by atoms with Crippen LogP contribution in [0, 0.1) is 0 Å². The highest BCUT2D eigenvalue weighted by atomic mass is 16.5. The molecule has 0 radical (unpaired) electrons. The molecule has 3 rings (SSSR count). The van der Waals surface area contributed by atoms with E-state index in [9.17, 15) is 14.4 Å². The zero-order valence-corrected chi connectivity index (χ0v) is 13.3. The van der Waals surface area contributed by atoms with Crippen molar-refractivity contribution in [2.24, 2.45) is 0 Å². The lowest BCUT2D eigenvalue weighted by Crippen LogP contribution is -2.51. The number of carboxylic acid groups (broad SMARTS) is 1. The van der Waals surface area contributed by atoms with Gasteiger partial charge < -0.3 is 14.7 Å². The average molecular weight is 332 g/mol. The van der Waals surface area contributed by atoms with Gasteiger partial charge in [-0.15, -0.1) is 0 Å². The highest BCUT2D eigenvalue weighted by Crippen LogP contribution is 2.34. The van der Waals surface area contributed by atoms with E-state index in [1.54, 1.807) is 29.2 Å². The fraction of sp³-hybridized carbons (Fsp3) is 0.471. The first-order valence-corrected chi connectivity index (χ1v) is 8.13. The summed E-state index contributed by atoms with van der Waals surface area (Å²) in [6, 6.07) is 6.88. The number of benzene rings is 1. The second-order valence-electron chi connectivity index (χ2n) is 6.04. The molecule has 1 unspecified atom stereocenters. The number of aliphatic carboxylic acids is 1. The van der Waals surface area contributed by atoms with Crippen LogP contribution >= 0.6 is 0 Å². The summed E-state index contributed by atoms with van der Waals surface area (Å²) in [6.07, 6.45) is 1.53. The van der Waals surface area contributed by atoms with E-state index in [0.717, 1.165) is 19.3 Å². The molecule has 7 heteroatoms. The van der Waals surface area contributed by atoms with Crippen LogP contribution in [0.4, 0.5) is 5.69 Å². The number of carbonyl (C=O) groups excluding carboxylic acids is 2.